The third-order valence-corrected chi connectivity index (χ3v) is 5.77. The molecule has 6 nitrogen and oxygen atoms in total. The van der Waals surface area contributed by atoms with Crippen molar-refractivity contribution < 1.29 is 9.72 Å². The minimum absolute atomic E-state index is 0.0788. The lowest BCUT2D eigenvalue weighted by Crippen LogP contribution is -2.45. The minimum atomic E-state index is -0.366. The van der Waals surface area contributed by atoms with Crippen molar-refractivity contribution >= 4 is 33.2 Å². The quantitative estimate of drug-likeness (QED) is 0.592. The molecule has 1 aliphatic carbocycles. The Bertz CT molecular complexity index is 638. The molecule has 1 N–H and O–H groups in total. The molecule has 2 fully saturated rings. The van der Waals surface area contributed by atoms with Gasteiger partial charge in [-0.2, -0.15) is 0 Å². The lowest BCUT2D eigenvalue weighted by atomic mass is 9.87. The summed E-state index contributed by atoms with van der Waals surface area (Å²) in [6, 6.07) is 5.22. The van der Waals surface area contributed by atoms with Crippen LogP contribution in [0.2, 0.25) is 0 Å². The summed E-state index contributed by atoms with van der Waals surface area (Å²) < 4.78 is 0.692. The lowest BCUT2D eigenvalue weighted by Gasteiger charge is -2.35. The zero-order valence-electron chi connectivity index (χ0n) is 14.2. The van der Waals surface area contributed by atoms with Gasteiger partial charge >= 0.3 is 0 Å². The predicted molar refractivity (Wildman–Crippen MR) is 101 cm³/mol. The van der Waals surface area contributed by atoms with Crippen LogP contribution < -0.4 is 5.32 Å². The van der Waals surface area contributed by atoms with Crippen LogP contribution in [0.15, 0.2) is 22.7 Å². The summed E-state index contributed by atoms with van der Waals surface area (Å²) in [6.45, 7) is 1.47. The highest BCUT2D eigenvalue weighted by atomic mass is 79.9. The van der Waals surface area contributed by atoms with Gasteiger partial charge in [-0.1, -0.05) is 35.2 Å². The molecule has 1 heterocycles. The molecule has 0 bridgehead atoms. The van der Waals surface area contributed by atoms with Crippen molar-refractivity contribution in [3.63, 3.8) is 0 Å². The Morgan fingerprint density at radius 2 is 1.84 bits per heavy atom. The summed E-state index contributed by atoms with van der Waals surface area (Å²) in [7, 11) is 0. The van der Waals surface area contributed by atoms with E-state index in [1.165, 1.54) is 25.3 Å². The van der Waals surface area contributed by atoms with Crippen LogP contribution in [0.5, 0.6) is 0 Å². The molecular weight excluding hydrogens is 386 g/mol. The van der Waals surface area contributed by atoms with Crippen LogP contribution >= 0.6 is 15.9 Å². The molecule has 1 aliphatic heterocycles. The first kappa shape index (κ1) is 18.2. The number of amides is 1. The number of carbonyl (C=O) groups excluding carboxylic acids is 1. The number of nitro benzene ring substituents is 1. The molecule has 0 radical (unpaired) electrons. The Labute approximate surface area is 156 Å². The van der Waals surface area contributed by atoms with Gasteiger partial charge in [0.2, 0.25) is 5.91 Å². The van der Waals surface area contributed by atoms with E-state index in [0.29, 0.717) is 16.1 Å². The topological polar surface area (TPSA) is 75.5 Å². The Morgan fingerprint density at radius 1 is 1.16 bits per heavy atom. The smallest absolute Gasteiger partial charge is 0.293 e. The van der Waals surface area contributed by atoms with E-state index < -0.39 is 0 Å². The maximum Gasteiger partial charge on any atom is 0.293 e. The van der Waals surface area contributed by atoms with Crippen LogP contribution in [-0.4, -0.2) is 34.9 Å². The molecule has 1 amide bonds. The molecule has 1 aromatic carbocycles. The molecular formula is C18H24BrN3O3. The highest BCUT2D eigenvalue weighted by molar-refractivity contribution is 9.10. The second kappa shape index (κ2) is 8.17. The standard InChI is InChI=1S/C18H24BrN3O3/c19-14-6-7-16(17(12-14)22(24)25)20-15-8-10-21(11-9-15)18(23)13-4-2-1-3-5-13/h6-7,12-13,15,20H,1-5,8-11H2. The average Bonchev–Trinajstić information content (AvgIpc) is 2.64. The summed E-state index contributed by atoms with van der Waals surface area (Å²) in [5.41, 5.74) is 0.625. The molecule has 0 atom stereocenters. The molecule has 1 saturated carbocycles. The molecule has 25 heavy (non-hydrogen) atoms. The van der Waals surface area contributed by atoms with Gasteiger partial charge in [0.15, 0.2) is 0 Å². The maximum absolute atomic E-state index is 12.6. The van der Waals surface area contributed by atoms with E-state index in [9.17, 15) is 14.9 Å². The number of benzene rings is 1. The van der Waals surface area contributed by atoms with Crippen LogP contribution in [0.4, 0.5) is 11.4 Å². The van der Waals surface area contributed by atoms with E-state index in [1.54, 1.807) is 12.1 Å². The third kappa shape index (κ3) is 4.51. The minimum Gasteiger partial charge on any atom is -0.377 e. The van der Waals surface area contributed by atoms with Gasteiger partial charge in [0, 0.05) is 35.6 Å². The highest BCUT2D eigenvalue weighted by Crippen LogP contribution is 2.31. The number of anilines is 1. The average molecular weight is 410 g/mol. The number of hydrogen-bond acceptors (Lipinski definition) is 4. The number of nitrogens with one attached hydrogen (secondary N) is 1. The fourth-order valence-electron chi connectivity index (χ4n) is 3.85. The molecule has 2 aliphatic rings. The van der Waals surface area contributed by atoms with E-state index >= 15 is 0 Å². The van der Waals surface area contributed by atoms with Crippen molar-refractivity contribution in [3.05, 3.63) is 32.8 Å². The summed E-state index contributed by atoms with van der Waals surface area (Å²) in [6.07, 6.45) is 7.30. The lowest BCUT2D eigenvalue weighted by molar-refractivity contribution is -0.384. The maximum atomic E-state index is 12.6. The molecule has 3 rings (SSSR count). The number of nitro groups is 1. The zero-order chi connectivity index (χ0) is 17.8. The van der Waals surface area contributed by atoms with Gasteiger partial charge in [0.05, 0.1) is 4.92 Å². The normalized spacial score (nSPS) is 19.6. The van der Waals surface area contributed by atoms with Crippen LogP contribution in [-0.2, 0) is 4.79 Å². The van der Waals surface area contributed by atoms with Crippen LogP contribution in [0.1, 0.15) is 44.9 Å². The number of carbonyl (C=O) groups is 1. The van der Waals surface area contributed by atoms with E-state index in [1.807, 2.05) is 4.90 Å². The van der Waals surface area contributed by atoms with Crippen molar-refractivity contribution in [2.45, 2.75) is 51.0 Å². The second-order valence-electron chi connectivity index (χ2n) is 7.00. The molecule has 1 saturated heterocycles. The van der Waals surface area contributed by atoms with Gasteiger partial charge in [-0.3, -0.25) is 14.9 Å². The van der Waals surface area contributed by atoms with Gasteiger partial charge in [-0.05, 0) is 37.8 Å². The van der Waals surface area contributed by atoms with E-state index in [-0.39, 0.29) is 22.6 Å². The van der Waals surface area contributed by atoms with Crippen LogP contribution in [0, 0.1) is 16.0 Å². The Morgan fingerprint density at radius 3 is 2.48 bits per heavy atom. The van der Waals surface area contributed by atoms with Gasteiger partial charge in [-0.25, -0.2) is 0 Å². The van der Waals surface area contributed by atoms with Gasteiger partial charge in [-0.15, -0.1) is 0 Å². The monoisotopic (exact) mass is 409 g/mol. The molecule has 0 aromatic heterocycles. The number of rotatable bonds is 4. The van der Waals surface area contributed by atoms with E-state index in [2.05, 4.69) is 21.2 Å². The van der Waals surface area contributed by atoms with Crippen molar-refractivity contribution in [3.8, 4) is 0 Å². The van der Waals surface area contributed by atoms with Gasteiger partial charge in [0.25, 0.3) is 5.69 Å². The van der Waals surface area contributed by atoms with Crippen LogP contribution in [0.25, 0.3) is 0 Å². The van der Waals surface area contributed by atoms with Crippen molar-refractivity contribution in [2.75, 3.05) is 18.4 Å². The van der Waals surface area contributed by atoms with Gasteiger partial charge in [0.1, 0.15) is 5.69 Å². The SMILES string of the molecule is O=C(C1CCCCC1)N1CCC(Nc2ccc(Br)cc2[N+](=O)[O-])CC1. The van der Waals surface area contributed by atoms with E-state index in [4.69, 9.17) is 0 Å². The Kier molecular flexibility index (Phi) is 5.93. The zero-order valence-corrected chi connectivity index (χ0v) is 15.8. The van der Waals surface area contributed by atoms with Crippen molar-refractivity contribution in [1.82, 2.24) is 4.90 Å². The summed E-state index contributed by atoms with van der Waals surface area (Å²) >= 11 is 3.27. The number of likely N-dealkylation sites (tertiary alicyclic amines) is 1. The van der Waals surface area contributed by atoms with Crippen molar-refractivity contribution in [1.29, 1.82) is 0 Å². The number of nitrogens with zero attached hydrogens (tertiary/aromatic N) is 2. The Balaban J connectivity index is 1.56. The largest absolute Gasteiger partial charge is 0.377 e. The number of piperidine rings is 1. The fourth-order valence-corrected chi connectivity index (χ4v) is 4.20. The molecule has 0 unspecified atom stereocenters. The summed E-state index contributed by atoms with van der Waals surface area (Å²) in [5, 5.41) is 14.5. The molecule has 0 spiro atoms. The number of hydrogen-bond donors (Lipinski definition) is 1. The highest BCUT2D eigenvalue weighted by Gasteiger charge is 2.29. The van der Waals surface area contributed by atoms with Crippen LogP contribution in [0.3, 0.4) is 0 Å². The first-order chi connectivity index (χ1) is 12.0. The van der Waals surface area contributed by atoms with E-state index in [0.717, 1.165) is 38.8 Å². The van der Waals surface area contributed by atoms with Gasteiger partial charge < -0.3 is 10.2 Å². The second-order valence-corrected chi connectivity index (χ2v) is 7.91. The molecule has 7 heteroatoms. The first-order valence-electron chi connectivity index (χ1n) is 9.04. The molecule has 1 aromatic rings. The Hall–Kier alpha value is -1.63. The third-order valence-electron chi connectivity index (χ3n) is 5.28. The molecule has 136 valence electrons. The predicted octanol–water partition coefficient (Wildman–Crippen LogP) is 4.34. The number of halogens is 1. The van der Waals surface area contributed by atoms with Crippen molar-refractivity contribution in [2.24, 2.45) is 5.92 Å². The summed E-state index contributed by atoms with van der Waals surface area (Å²) in [4.78, 5) is 25.5. The fraction of sp³-hybridized carbons (Fsp3) is 0.611. The summed E-state index contributed by atoms with van der Waals surface area (Å²) in [5.74, 6) is 0.526. The first-order valence-corrected chi connectivity index (χ1v) is 9.83.